The number of pyridine rings is 3. The Bertz CT molecular complexity index is 5930. The summed E-state index contributed by atoms with van der Waals surface area (Å²) in [4.78, 5) is 3.76. The molecule has 8 aromatic carbocycles. The summed E-state index contributed by atoms with van der Waals surface area (Å²) in [6.07, 6.45) is 16.2. The van der Waals surface area contributed by atoms with Crippen molar-refractivity contribution in [3.05, 3.63) is 298 Å². The highest BCUT2D eigenvalue weighted by Gasteiger charge is 2.26. The quantitative estimate of drug-likeness (QED) is 0.0499. The zero-order chi connectivity index (χ0) is 79.1. The lowest BCUT2D eigenvalue weighted by Crippen LogP contribution is -2.34. The summed E-state index contributed by atoms with van der Waals surface area (Å²) in [5, 5.41) is 92.0. The second-order valence-corrected chi connectivity index (χ2v) is 30.7. The second kappa shape index (κ2) is 33.5. The largest absolute Gasteiger partial charge is 0.507 e. The van der Waals surface area contributed by atoms with Crippen LogP contribution in [0.2, 0.25) is 0 Å². The van der Waals surface area contributed by atoms with Gasteiger partial charge in [-0.1, -0.05) is 96.1 Å². The van der Waals surface area contributed by atoms with E-state index in [1.54, 1.807) is 54.7 Å². The lowest BCUT2D eigenvalue weighted by Gasteiger charge is -2.18. The summed E-state index contributed by atoms with van der Waals surface area (Å²) in [6.45, 7) is 9.99. The van der Waals surface area contributed by atoms with E-state index in [-0.39, 0.29) is 120 Å². The van der Waals surface area contributed by atoms with E-state index < -0.39 is 51.2 Å². The summed E-state index contributed by atoms with van der Waals surface area (Å²) in [5.41, 5.74) is 14.9. The number of fused-ring (bicyclic) bond motifs is 16. The predicted octanol–water partition coefficient (Wildman–Crippen LogP) is 11.9. The number of aromatic nitrogens is 3. The van der Waals surface area contributed by atoms with E-state index >= 15 is 0 Å². The van der Waals surface area contributed by atoms with E-state index in [0.29, 0.717) is 72.8 Å². The van der Waals surface area contributed by atoms with Crippen LogP contribution in [-0.4, -0.2) is 97.0 Å². The molecule has 0 radical (unpaired) electrons. The van der Waals surface area contributed by atoms with Crippen molar-refractivity contribution in [1.82, 2.24) is 4.98 Å². The number of benzene rings is 8. The number of nitrogens with zero attached hydrogens (tertiary/aromatic N) is 3. The molecule has 11 aromatic rings. The van der Waals surface area contributed by atoms with E-state index in [1.807, 2.05) is 142 Å². The third kappa shape index (κ3) is 19.9. The van der Waals surface area contributed by atoms with Crippen LogP contribution in [0.1, 0.15) is 148 Å². The molecule has 109 heavy (non-hydrogen) atoms. The lowest BCUT2D eigenvalue weighted by atomic mass is 9.90. The Morgan fingerprint density at radius 3 is 0.945 bits per heavy atom. The number of phenols is 8. The predicted molar refractivity (Wildman–Crippen MR) is 406 cm³/mol. The zero-order valence-electron chi connectivity index (χ0n) is 59.7. The van der Waals surface area contributed by atoms with E-state index in [4.69, 9.17) is 25.3 Å². The minimum Gasteiger partial charge on any atom is -0.507 e. The van der Waals surface area contributed by atoms with Gasteiger partial charge in [-0.2, -0.15) is 21.4 Å². The summed E-state index contributed by atoms with van der Waals surface area (Å²) in [7, 11) is -13.5. The molecule has 27 heteroatoms. The van der Waals surface area contributed by atoms with Crippen LogP contribution >= 0.6 is 0 Å². The lowest BCUT2D eigenvalue weighted by molar-refractivity contribution is -0.716. The fourth-order valence-corrected chi connectivity index (χ4v) is 14.6. The molecular weight excluding hydrogens is 1480 g/mol. The average molecular weight is 1550 g/mol. The maximum atomic E-state index is 12.3. The normalized spacial score (nSPS) is 12.6. The molecule has 2 aliphatic rings. The van der Waals surface area contributed by atoms with E-state index in [9.17, 15) is 66.8 Å². The molecule has 16 bridgehead atoms. The van der Waals surface area contributed by atoms with Crippen LogP contribution in [0.3, 0.4) is 0 Å². The van der Waals surface area contributed by atoms with Crippen LogP contribution in [0.25, 0.3) is 35.7 Å². The minimum atomic E-state index is -4.65. The van der Waals surface area contributed by atoms with Crippen molar-refractivity contribution in [2.75, 3.05) is 0 Å². The molecule has 0 spiro atoms. The van der Waals surface area contributed by atoms with Crippen LogP contribution in [0, 0.1) is 20.8 Å². The first kappa shape index (κ1) is 79.7. The van der Waals surface area contributed by atoms with Gasteiger partial charge in [-0.05, 0) is 190 Å². The van der Waals surface area contributed by atoms with Gasteiger partial charge in [-0.25, -0.2) is 9.55 Å². The molecule has 0 amide bonds. The van der Waals surface area contributed by atoms with Crippen molar-refractivity contribution in [2.45, 2.75) is 102 Å². The van der Waals surface area contributed by atoms with Crippen molar-refractivity contribution in [2.24, 2.45) is 7.05 Å². The molecule has 23 nitrogen and oxygen atoms in total. The van der Waals surface area contributed by atoms with Crippen LogP contribution in [-0.2, 0) is 99.9 Å². The number of rotatable bonds is 8. The van der Waals surface area contributed by atoms with Crippen LogP contribution in [0.15, 0.2) is 180 Å². The van der Waals surface area contributed by atoms with E-state index in [2.05, 4.69) is 29.5 Å². The number of hydrogen-bond acceptors (Lipinski definition) is 19. The number of aryl methyl sites for hydroxylation is 4. The molecule has 2 aliphatic carbocycles. The van der Waals surface area contributed by atoms with Crippen molar-refractivity contribution in [1.29, 1.82) is 0 Å². The van der Waals surface area contributed by atoms with Crippen molar-refractivity contribution in [3.8, 4) is 57.4 Å². The number of phenolic OH excluding ortho intramolecular Hbond substituents is 8. The van der Waals surface area contributed by atoms with Gasteiger partial charge in [0.05, 0.1) is 9.79 Å². The molecule has 0 saturated heterocycles. The van der Waals surface area contributed by atoms with E-state index in [0.717, 1.165) is 50.3 Å². The van der Waals surface area contributed by atoms with Gasteiger partial charge in [-0.15, -0.1) is 25.3 Å². The maximum absolute atomic E-state index is 12.3. The standard InChI is InChI=1S/C43H38N2O7S.C39H37NO7S.2O3S/c1-25-9-11-44-38(15-25)39-18-27(10-12-45(39)3)7-8-28-16-33-19-29-5-4-6-30(40(29)46)20-35-23-37(53(50,51)52)24-36(43(35)49)22-32-14-26(2)13-31(41(32)47)21-34(17-28)42(33)48;1-23(2)40-11-9-25(10-12-40)7-8-26-15-31-17-27-5-4-6-28(36(27)41)18-33-21-35(48(45,46)47)22-34(39(33)44)20-30-14-24(3)13-29(37(30)42)19-32(16-26)38(31)43;2*1-4(2)3/h4-18,23-24H,19-22H2,1-3H3,(H4,46,47,49,50,51,52);4-16,21-23H,17-20H2,1-3H3,(H4,41,42,44,45,46,47);;/p+2. The smallest absolute Gasteiger partial charge is 0.425 e. The van der Waals surface area contributed by atoms with Crippen molar-refractivity contribution in [3.63, 3.8) is 0 Å². The summed E-state index contributed by atoms with van der Waals surface area (Å²) in [5.74, 6) is -0.507. The van der Waals surface area contributed by atoms with Gasteiger partial charge in [0.2, 0.25) is 5.69 Å². The molecule has 13 rings (SSSR count). The molecule has 0 unspecified atom stereocenters. The number of para-hydroxylation sites is 2. The first-order valence-corrected chi connectivity index (χ1v) is 38.7. The molecule has 562 valence electrons. The zero-order valence-corrected chi connectivity index (χ0v) is 63.0. The van der Waals surface area contributed by atoms with Crippen LogP contribution in [0.5, 0.6) is 46.0 Å². The minimum absolute atomic E-state index is 0.0391. The topological polar surface area (TPSA) is 394 Å². The highest BCUT2D eigenvalue weighted by atomic mass is 32.2. The third-order valence-electron chi connectivity index (χ3n) is 18.7. The van der Waals surface area contributed by atoms with Gasteiger partial charge >= 0.3 is 21.2 Å². The third-order valence-corrected chi connectivity index (χ3v) is 20.4. The average Bonchev–Trinajstić information content (AvgIpc) is 0.785. The summed E-state index contributed by atoms with van der Waals surface area (Å²) in [6, 6.07) is 42.2. The Hall–Kier alpha value is -11.8. The molecule has 3 aromatic heterocycles. The van der Waals surface area contributed by atoms with Gasteiger partial charge in [0, 0.05) is 104 Å². The molecule has 3 heterocycles. The van der Waals surface area contributed by atoms with E-state index in [1.165, 1.54) is 24.3 Å². The second-order valence-electron chi connectivity index (χ2n) is 27.1. The van der Waals surface area contributed by atoms with Gasteiger partial charge in [0.25, 0.3) is 20.2 Å². The fraction of sp³-hybridized carbons (Fsp3) is 0.183. The molecule has 0 aliphatic heterocycles. The fourth-order valence-electron chi connectivity index (χ4n) is 13.4. The van der Waals surface area contributed by atoms with Crippen LogP contribution < -0.4 is 9.13 Å². The number of aromatic hydroxyl groups is 8. The Morgan fingerprint density at radius 1 is 0.358 bits per heavy atom. The van der Waals surface area contributed by atoms with Gasteiger partial charge in [0.1, 0.15) is 58.7 Å². The van der Waals surface area contributed by atoms with Crippen molar-refractivity contribution >= 4 is 65.8 Å². The Kier molecular flexibility index (Phi) is 24.5. The maximum Gasteiger partial charge on any atom is 0.425 e. The van der Waals surface area contributed by atoms with Gasteiger partial charge in [-0.3, -0.25) is 9.11 Å². The molecule has 10 N–H and O–H groups in total. The molecule has 0 fully saturated rings. The molecule has 0 saturated carbocycles. The molecular formula is C82H77N3O20S4+2. The Labute approximate surface area is 632 Å². The SMILES string of the molecule is Cc1cc2c(O)c(c1)Cc1cc(S(=O)(=O)O)cc(c1O)Cc1cccc(c1O)Cc1cc(/C=C/c3cc[n+](C(C)C)cc3)cc(c1O)C2.Cc1ccnc(-c2cc(/C=C/c3cc4c(O)c(c3)Cc3cc(C)cc(c3O)Cc3cc(S(=O)(=O)O)cc(c3O)Cc3cccc(c3O)C4)cc[n+]2C)c1.O=S(=O)=O.O=S(=O)=O. The summed E-state index contributed by atoms with van der Waals surface area (Å²) < 4.78 is 124. The Balaban J connectivity index is 0.000000212. The van der Waals surface area contributed by atoms with Crippen molar-refractivity contribution < 1.29 is 101 Å². The molecule has 0 atom stereocenters. The van der Waals surface area contributed by atoms with Crippen LogP contribution in [0.4, 0.5) is 0 Å². The first-order valence-electron chi connectivity index (χ1n) is 33.9. The first-order chi connectivity index (χ1) is 51.5. The summed E-state index contributed by atoms with van der Waals surface area (Å²) >= 11 is 0. The highest BCUT2D eigenvalue weighted by Crippen LogP contribution is 2.43. The highest BCUT2D eigenvalue weighted by molar-refractivity contribution is 7.86. The Morgan fingerprint density at radius 2 is 0.633 bits per heavy atom. The number of hydrogen-bond donors (Lipinski definition) is 10. The van der Waals surface area contributed by atoms with Gasteiger partial charge < -0.3 is 40.9 Å². The van der Waals surface area contributed by atoms with Gasteiger partial charge in [0.15, 0.2) is 24.6 Å². The monoisotopic (exact) mass is 1550 g/mol.